The molecule has 0 aliphatic heterocycles. The van der Waals surface area contributed by atoms with E-state index in [1.165, 1.54) is 0 Å². The van der Waals surface area contributed by atoms with Crippen molar-refractivity contribution < 1.29 is 9.84 Å². The van der Waals surface area contributed by atoms with E-state index in [2.05, 4.69) is 6.92 Å². The molecule has 0 aliphatic rings. The fourth-order valence-electron chi connectivity index (χ4n) is 1.61. The number of aliphatic hydroxyl groups excluding tert-OH is 1. The van der Waals surface area contributed by atoms with E-state index in [1.807, 2.05) is 32.0 Å². The Bertz CT molecular complexity index is 320. The number of hydrogen-bond acceptors (Lipinski definition) is 2. The Hall–Kier alpha value is -1.02. The summed E-state index contributed by atoms with van der Waals surface area (Å²) in [5.74, 6) is 1.02. The van der Waals surface area contributed by atoms with Gasteiger partial charge in [-0.2, -0.15) is 0 Å². The third kappa shape index (κ3) is 2.72. The largest absolute Gasteiger partial charge is 0.496 e. The number of hydrogen-bond donors (Lipinski definition) is 1. The van der Waals surface area contributed by atoms with Gasteiger partial charge in [0.1, 0.15) is 5.75 Å². The molecule has 0 radical (unpaired) electrons. The van der Waals surface area contributed by atoms with E-state index in [9.17, 15) is 5.11 Å². The second kappa shape index (κ2) is 5.17. The van der Waals surface area contributed by atoms with Crippen molar-refractivity contribution in [3.63, 3.8) is 0 Å². The van der Waals surface area contributed by atoms with Crippen molar-refractivity contribution in [1.29, 1.82) is 0 Å². The summed E-state index contributed by atoms with van der Waals surface area (Å²) in [4.78, 5) is 0. The van der Waals surface area contributed by atoms with E-state index in [-0.39, 0.29) is 5.92 Å². The van der Waals surface area contributed by atoms with Gasteiger partial charge < -0.3 is 9.84 Å². The zero-order valence-corrected chi connectivity index (χ0v) is 9.95. The number of aryl methyl sites for hydroxylation is 1. The summed E-state index contributed by atoms with van der Waals surface area (Å²) in [5, 5.41) is 10.1. The molecule has 1 aromatic carbocycles. The van der Waals surface area contributed by atoms with Crippen LogP contribution in [0.3, 0.4) is 0 Å². The average molecular weight is 208 g/mol. The molecule has 0 spiro atoms. The number of benzene rings is 1. The van der Waals surface area contributed by atoms with E-state index in [4.69, 9.17) is 4.74 Å². The molecule has 0 fully saturated rings. The van der Waals surface area contributed by atoms with Gasteiger partial charge in [-0.1, -0.05) is 31.9 Å². The van der Waals surface area contributed by atoms with Gasteiger partial charge >= 0.3 is 0 Å². The summed E-state index contributed by atoms with van der Waals surface area (Å²) in [6.45, 7) is 6.15. The minimum atomic E-state index is -0.440. The molecule has 0 saturated carbocycles. The van der Waals surface area contributed by atoms with Crippen molar-refractivity contribution in [3.05, 3.63) is 29.3 Å². The Morgan fingerprint density at radius 2 is 2.07 bits per heavy atom. The first kappa shape index (κ1) is 12.1. The smallest absolute Gasteiger partial charge is 0.124 e. The fourth-order valence-corrected chi connectivity index (χ4v) is 1.61. The van der Waals surface area contributed by atoms with Crippen molar-refractivity contribution >= 4 is 0 Å². The summed E-state index contributed by atoms with van der Waals surface area (Å²) in [5.41, 5.74) is 2.04. The van der Waals surface area contributed by atoms with E-state index in [0.29, 0.717) is 0 Å². The van der Waals surface area contributed by atoms with Gasteiger partial charge in [0.2, 0.25) is 0 Å². The van der Waals surface area contributed by atoms with Gasteiger partial charge in [0, 0.05) is 5.56 Å². The highest BCUT2D eigenvalue weighted by molar-refractivity contribution is 5.38. The predicted molar refractivity (Wildman–Crippen MR) is 62.1 cm³/mol. The van der Waals surface area contributed by atoms with Gasteiger partial charge in [-0.15, -0.1) is 0 Å². The first-order valence-electron chi connectivity index (χ1n) is 5.42. The zero-order valence-electron chi connectivity index (χ0n) is 9.95. The minimum Gasteiger partial charge on any atom is -0.496 e. The molecule has 2 unspecified atom stereocenters. The first-order valence-corrected chi connectivity index (χ1v) is 5.42. The second-order valence-electron chi connectivity index (χ2n) is 4.08. The lowest BCUT2D eigenvalue weighted by Crippen LogP contribution is -2.09. The highest BCUT2D eigenvalue weighted by Gasteiger charge is 2.18. The van der Waals surface area contributed by atoms with Crippen molar-refractivity contribution in [3.8, 4) is 5.75 Å². The van der Waals surface area contributed by atoms with Crippen molar-refractivity contribution in [2.24, 2.45) is 5.92 Å². The molecule has 1 aromatic rings. The number of aliphatic hydroxyl groups is 1. The van der Waals surface area contributed by atoms with Crippen LogP contribution in [0.15, 0.2) is 18.2 Å². The highest BCUT2D eigenvalue weighted by Crippen LogP contribution is 2.31. The van der Waals surface area contributed by atoms with Crippen LogP contribution in [0.25, 0.3) is 0 Å². The molecule has 15 heavy (non-hydrogen) atoms. The van der Waals surface area contributed by atoms with Crippen LogP contribution in [0.1, 0.15) is 37.5 Å². The molecular formula is C13H20O2. The van der Waals surface area contributed by atoms with Gasteiger partial charge in [-0.25, -0.2) is 0 Å². The summed E-state index contributed by atoms with van der Waals surface area (Å²) >= 11 is 0. The number of ether oxygens (including phenoxy) is 1. The lowest BCUT2D eigenvalue weighted by Gasteiger charge is -2.20. The number of methoxy groups -OCH3 is 1. The van der Waals surface area contributed by atoms with Crippen molar-refractivity contribution in [2.45, 2.75) is 33.3 Å². The quantitative estimate of drug-likeness (QED) is 0.824. The van der Waals surface area contributed by atoms with Crippen LogP contribution < -0.4 is 4.74 Å². The van der Waals surface area contributed by atoms with Crippen molar-refractivity contribution in [2.75, 3.05) is 7.11 Å². The molecule has 0 bridgehead atoms. The molecule has 0 heterocycles. The molecule has 0 aliphatic carbocycles. The molecular weight excluding hydrogens is 188 g/mol. The Balaban J connectivity index is 3.05. The fraction of sp³-hybridized carbons (Fsp3) is 0.538. The zero-order chi connectivity index (χ0) is 11.4. The van der Waals surface area contributed by atoms with Crippen LogP contribution >= 0.6 is 0 Å². The predicted octanol–water partition coefficient (Wildman–Crippen LogP) is 3.08. The van der Waals surface area contributed by atoms with Gasteiger partial charge in [-0.3, -0.25) is 0 Å². The molecule has 1 rings (SSSR count). The average Bonchev–Trinajstić information content (AvgIpc) is 2.27. The van der Waals surface area contributed by atoms with Gasteiger partial charge in [-0.05, 0) is 25.0 Å². The highest BCUT2D eigenvalue weighted by atomic mass is 16.5. The molecule has 84 valence electrons. The molecule has 0 amide bonds. The van der Waals surface area contributed by atoms with Gasteiger partial charge in [0.15, 0.2) is 0 Å². The lowest BCUT2D eigenvalue weighted by atomic mass is 9.93. The van der Waals surface area contributed by atoms with Gasteiger partial charge in [0.05, 0.1) is 13.2 Å². The standard InChI is InChI=1S/C13H20O2/c1-5-10(3)13(14)11-8-9(2)6-7-12(11)15-4/h6-8,10,13-14H,5H2,1-4H3. The Labute approximate surface area is 91.9 Å². The SMILES string of the molecule is CCC(C)C(O)c1cc(C)ccc1OC. The summed E-state index contributed by atoms with van der Waals surface area (Å²) < 4.78 is 5.26. The monoisotopic (exact) mass is 208 g/mol. The van der Waals surface area contributed by atoms with E-state index in [0.717, 1.165) is 23.3 Å². The van der Waals surface area contributed by atoms with E-state index in [1.54, 1.807) is 7.11 Å². The normalized spacial score (nSPS) is 14.7. The summed E-state index contributed by atoms with van der Waals surface area (Å²) in [6.07, 6.45) is 0.517. The summed E-state index contributed by atoms with van der Waals surface area (Å²) in [7, 11) is 1.64. The topological polar surface area (TPSA) is 29.5 Å². The van der Waals surface area contributed by atoms with Crippen LogP contribution in [0.4, 0.5) is 0 Å². The third-order valence-corrected chi connectivity index (χ3v) is 2.89. The first-order chi connectivity index (χ1) is 7.10. The maximum absolute atomic E-state index is 10.1. The van der Waals surface area contributed by atoms with Crippen LogP contribution in [0.5, 0.6) is 5.75 Å². The summed E-state index contributed by atoms with van der Waals surface area (Å²) in [6, 6.07) is 5.90. The van der Waals surface area contributed by atoms with Crippen LogP contribution in [0, 0.1) is 12.8 Å². The van der Waals surface area contributed by atoms with Crippen molar-refractivity contribution in [1.82, 2.24) is 0 Å². The Morgan fingerprint density at radius 3 is 2.60 bits per heavy atom. The lowest BCUT2D eigenvalue weighted by molar-refractivity contribution is 0.112. The molecule has 1 N–H and O–H groups in total. The molecule has 0 aromatic heterocycles. The second-order valence-corrected chi connectivity index (χ2v) is 4.08. The molecule has 2 nitrogen and oxygen atoms in total. The van der Waals surface area contributed by atoms with Crippen LogP contribution in [0.2, 0.25) is 0 Å². The van der Waals surface area contributed by atoms with Crippen LogP contribution in [-0.4, -0.2) is 12.2 Å². The minimum absolute atomic E-state index is 0.251. The Kier molecular flexibility index (Phi) is 4.15. The number of rotatable bonds is 4. The van der Waals surface area contributed by atoms with Gasteiger partial charge in [0.25, 0.3) is 0 Å². The molecule has 2 atom stereocenters. The van der Waals surface area contributed by atoms with E-state index < -0.39 is 6.10 Å². The third-order valence-electron chi connectivity index (χ3n) is 2.89. The van der Waals surface area contributed by atoms with Crippen LogP contribution in [-0.2, 0) is 0 Å². The molecule has 2 heteroatoms. The Morgan fingerprint density at radius 1 is 1.40 bits per heavy atom. The van der Waals surface area contributed by atoms with E-state index >= 15 is 0 Å². The molecule has 0 saturated heterocycles. The maximum atomic E-state index is 10.1. The maximum Gasteiger partial charge on any atom is 0.124 e.